The summed E-state index contributed by atoms with van der Waals surface area (Å²) in [6.07, 6.45) is 10.3. The summed E-state index contributed by atoms with van der Waals surface area (Å²) >= 11 is 0. The molecule has 2 fully saturated rings. The molecular weight excluding hydrogens is 428 g/mol. The molecule has 1 aromatic carbocycles. The van der Waals surface area contributed by atoms with E-state index in [4.69, 9.17) is 18.9 Å². The van der Waals surface area contributed by atoms with Crippen LogP contribution < -0.4 is 4.74 Å². The van der Waals surface area contributed by atoms with Crippen LogP contribution in [0.25, 0.3) is 6.08 Å². The third-order valence-electron chi connectivity index (χ3n) is 7.76. The standard InChI is InChI=1S/C29H42O5/c1-7-20(3)10-9-11-23(8-2)27-28(32-6)25(18-21(4)29(27)19-33-29)34-26(30)17-14-22-12-15-24(31-5)16-13-22/h11-17,20-21,25,27-28H,7-10,18-19H2,1-6H3/t20?,21-,25-,27+,28-,29-/m1/s1. The average Bonchev–Trinajstić information content (AvgIpc) is 3.65. The summed E-state index contributed by atoms with van der Waals surface area (Å²) in [5, 5.41) is 0. The monoisotopic (exact) mass is 470 g/mol. The first-order valence-corrected chi connectivity index (χ1v) is 12.8. The SMILES string of the molecule is CCC(=CCCC(C)CC)[C@H]1[C@H](OC)[C@H](OC(=O)C=Cc2ccc(OC)cc2)C[C@@H](C)[C@]12CO2. The van der Waals surface area contributed by atoms with Crippen LogP contribution in [0.5, 0.6) is 5.75 Å². The van der Waals surface area contributed by atoms with Crippen LogP contribution in [0.4, 0.5) is 0 Å². The van der Waals surface area contributed by atoms with Crippen molar-refractivity contribution in [2.75, 3.05) is 20.8 Å². The van der Waals surface area contributed by atoms with Crippen LogP contribution in [-0.4, -0.2) is 44.6 Å². The molecule has 0 N–H and O–H groups in total. The topological polar surface area (TPSA) is 57.3 Å². The van der Waals surface area contributed by atoms with Crippen LogP contribution in [0.3, 0.4) is 0 Å². The number of methoxy groups -OCH3 is 2. The molecule has 0 radical (unpaired) electrons. The molecular formula is C29H42O5. The summed E-state index contributed by atoms with van der Waals surface area (Å²) in [5.74, 6) is 1.55. The minimum absolute atomic E-state index is 0.103. The molecule has 3 rings (SSSR count). The Morgan fingerprint density at radius 3 is 2.50 bits per heavy atom. The lowest BCUT2D eigenvalue weighted by atomic mass is 9.66. The van der Waals surface area contributed by atoms with Gasteiger partial charge in [-0.3, -0.25) is 0 Å². The van der Waals surface area contributed by atoms with Crippen molar-refractivity contribution in [2.24, 2.45) is 17.8 Å². The Bertz CT molecular complexity index is 852. The van der Waals surface area contributed by atoms with Crippen LogP contribution in [-0.2, 0) is 19.0 Å². The van der Waals surface area contributed by atoms with Gasteiger partial charge >= 0.3 is 5.97 Å². The highest BCUT2D eigenvalue weighted by Gasteiger charge is 2.63. The predicted octanol–water partition coefficient (Wildman–Crippen LogP) is 6.22. The number of esters is 1. The molecule has 34 heavy (non-hydrogen) atoms. The van der Waals surface area contributed by atoms with Crippen molar-refractivity contribution < 1.29 is 23.7 Å². The second-order valence-electron chi connectivity index (χ2n) is 9.86. The molecule has 0 aromatic heterocycles. The molecule has 0 bridgehead atoms. The number of hydrogen-bond acceptors (Lipinski definition) is 5. The van der Waals surface area contributed by atoms with Gasteiger partial charge in [0, 0.05) is 19.1 Å². The van der Waals surface area contributed by atoms with E-state index >= 15 is 0 Å². The number of benzene rings is 1. The van der Waals surface area contributed by atoms with Gasteiger partial charge in [-0.25, -0.2) is 4.79 Å². The largest absolute Gasteiger partial charge is 0.497 e. The fourth-order valence-electron chi connectivity index (χ4n) is 5.27. The summed E-state index contributed by atoms with van der Waals surface area (Å²) in [7, 11) is 3.36. The number of allylic oxidation sites excluding steroid dienone is 1. The van der Waals surface area contributed by atoms with Gasteiger partial charge in [0.15, 0.2) is 0 Å². The summed E-state index contributed by atoms with van der Waals surface area (Å²) in [6.45, 7) is 9.72. The van der Waals surface area contributed by atoms with Gasteiger partial charge in [0.1, 0.15) is 23.6 Å². The van der Waals surface area contributed by atoms with Crippen molar-refractivity contribution in [3.8, 4) is 5.75 Å². The minimum atomic E-state index is -0.347. The van der Waals surface area contributed by atoms with E-state index in [1.807, 2.05) is 24.3 Å². The second kappa shape index (κ2) is 12.0. The highest BCUT2D eigenvalue weighted by molar-refractivity contribution is 5.87. The molecule has 1 unspecified atom stereocenters. The predicted molar refractivity (Wildman–Crippen MR) is 136 cm³/mol. The Labute approximate surface area is 205 Å². The van der Waals surface area contributed by atoms with Crippen molar-refractivity contribution in [3.63, 3.8) is 0 Å². The van der Waals surface area contributed by atoms with Crippen molar-refractivity contribution in [2.45, 2.75) is 77.6 Å². The summed E-state index contributed by atoms with van der Waals surface area (Å²) in [5.41, 5.74) is 2.09. The lowest BCUT2D eigenvalue weighted by molar-refractivity contribution is -0.164. The molecule has 6 atom stereocenters. The fraction of sp³-hybridized carbons (Fsp3) is 0.621. The van der Waals surface area contributed by atoms with E-state index in [1.165, 1.54) is 24.5 Å². The first kappa shape index (κ1) is 26.5. The van der Waals surface area contributed by atoms with E-state index in [-0.39, 0.29) is 35.6 Å². The van der Waals surface area contributed by atoms with Gasteiger partial charge in [-0.05, 0) is 61.3 Å². The highest BCUT2D eigenvalue weighted by Crippen LogP contribution is 2.54. The maximum atomic E-state index is 12.7. The molecule has 5 heteroatoms. The smallest absolute Gasteiger partial charge is 0.331 e. The van der Waals surface area contributed by atoms with Crippen molar-refractivity contribution in [1.82, 2.24) is 0 Å². The van der Waals surface area contributed by atoms with Gasteiger partial charge in [0.2, 0.25) is 0 Å². The summed E-state index contributed by atoms with van der Waals surface area (Å²) in [4.78, 5) is 12.7. The van der Waals surface area contributed by atoms with E-state index in [1.54, 1.807) is 20.3 Å². The second-order valence-corrected chi connectivity index (χ2v) is 9.86. The molecule has 0 amide bonds. The Morgan fingerprint density at radius 1 is 1.24 bits per heavy atom. The van der Waals surface area contributed by atoms with Crippen molar-refractivity contribution in [3.05, 3.63) is 47.6 Å². The number of rotatable bonds is 11. The van der Waals surface area contributed by atoms with Gasteiger partial charge in [-0.1, -0.05) is 57.9 Å². The van der Waals surface area contributed by atoms with Crippen molar-refractivity contribution >= 4 is 12.0 Å². The zero-order chi connectivity index (χ0) is 24.7. The van der Waals surface area contributed by atoms with E-state index in [0.717, 1.165) is 43.1 Å². The third kappa shape index (κ3) is 6.11. The van der Waals surface area contributed by atoms with E-state index < -0.39 is 0 Å². The number of carbonyl (C=O) groups is 1. The number of ether oxygens (including phenoxy) is 4. The molecule has 1 aliphatic heterocycles. The summed E-state index contributed by atoms with van der Waals surface area (Å²) in [6, 6.07) is 7.55. The van der Waals surface area contributed by atoms with Gasteiger partial charge < -0.3 is 18.9 Å². The van der Waals surface area contributed by atoms with Gasteiger partial charge in [0.25, 0.3) is 0 Å². The Kier molecular flexibility index (Phi) is 9.38. The van der Waals surface area contributed by atoms with Crippen LogP contribution >= 0.6 is 0 Å². The van der Waals surface area contributed by atoms with Gasteiger partial charge in [-0.15, -0.1) is 0 Å². The minimum Gasteiger partial charge on any atom is -0.497 e. The molecule has 1 aliphatic carbocycles. The quantitative estimate of drug-likeness (QED) is 0.166. The molecule has 188 valence electrons. The molecule has 1 saturated carbocycles. The zero-order valence-electron chi connectivity index (χ0n) is 21.7. The number of carbonyl (C=O) groups excluding carboxylic acids is 1. The first-order valence-electron chi connectivity index (χ1n) is 12.8. The molecule has 5 nitrogen and oxygen atoms in total. The van der Waals surface area contributed by atoms with Gasteiger partial charge in [0.05, 0.1) is 13.7 Å². The summed E-state index contributed by atoms with van der Waals surface area (Å²) < 4.78 is 23.3. The maximum Gasteiger partial charge on any atom is 0.331 e. The number of epoxide rings is 1. The molecule has 1 aromatic rings. The fourth-order valence-corrected chi connectivity index (χ4v) is 5.27. The molecule has 2 aliphatic rings. The lowest BCUT2D eigenvalue weighted by Crippen LogP contribution is -2.54. The Morgan fingerprint density at radius 2 is 1.94 bits per heavy atom. The van der Waals surface area contributed by atoms with Crippen molar-refractivity contribution in [1.29, 1.82) is 0 Å². The van der Waals surface area contributed by atoms with E-state index in [0.29, 0.717) is 0 Å². The molecule has 1 heterocycles. The van der Waals surface area contributed by atoms with Crippen LogP contribution in [0.15, 0.2) is 42.0 Å². The Balaban J connectivity index is 1.74. The lowest BCUT2D eigenvalue weighted by Gasteiger charge is -2.45. The maximum absolute atomic E-state index is 12.7. The van der Waals surface area contributed by atoms with Gasteiger partial charge in [-0.2, -0.15) is 0 Å². The average molecular weight is 471 g/mol. The molecule has 1 saturated heterocycles. The normalized spacial score (nSPS) is 29.9. The van der Waals surface area contributed by atoms with Crippen LogP contribution in [0.2, 0.25) is 0 Å². The van der Waals surface area contributed by atoms with Crippen LogP contribution in [0.1, 0.15) is 65.4 Å². The third-order valence-corrected chi connectivity index (χ3v) is 7.76. The van der Waals surface area contributed by atoms with E-state index in [2.05, 4.69) is 33.8 Å². The Hall–Kier alpha value is -2.11. The zero-order valence-corrected chi connectivity index (χ0v) is 21.7. The highest BCUT2D eigenvalue weighted by atomic mass is 16.6. The van der Waals surface area contributed by atoms with Crippen LogP contribution in [0, 0.1) is 17.8 Å². The number of hydrogen-bond donors (Lipinski definition) is 0. The van der Waals surface area contributed by atoms with E-state index in [9.17, 15) is 4.79 Å². The molecule has 1 spiro atoms. The first-order chi connectivity index (χ1) is 16.4.